The van der Waals surface area contributed by atoms with Crippen molar-refractivity contribution in [2.45, 2.75) is 43.1 Å². The second-order valence-electron chi connectivity index (χ2n) is 9.11. The molecule has 0 radical (unpaired) electrons. The Kier molecular flexibility index (Phi) is 7.03. The Labute approximate surface area is 210 Å². The number of hydrogen-bond acceptors (Lipinski definition) is 12. The Bertz CT molecular complexity index is 1120. The summed E-state index contributed by atoms with van der Waals surface area (Å²) in [5, 5.41) is 49.2. The number of rotatable bonds is 7. The van der Waals surface area contributed by atoms with E-state index in [0.29, 0.717) is 11.1 Å². The number of aliphatic hydroxyl groups excluding tert-OH is 4. The number of esters is 2. The Hall–Kier alpha value is -3.26. The molecule has 37 heavy (non-hydrogen) atoms. The third-order valence-electron chi connectivity index (χ3n) is 6.81. The van der Waals surface area contributed by atoms with Crippen molar-refractivity contribution in [1.29, 1.82) is 0 Å². The topological polar surface area (TPSA) is 181 Å². The molecule has 5 rings (SSSR count). The van der Waals surface area contributed by atoms with Crippen LogP contribution in [0.15, 0.2) is 53.8 Å². The van der Waals surface area contributed by atoms with Crippen LogP contribution in [0.3, 0.4) is 0 Å². The number of aromatic hydroxyl groups is 1. The zero-order valence-corrected chi connectivity index (χ0v) is 19.3. The molecule has 1 aromatic rings. The Morgan fingerprint density at radius 1 is 1.03 bits per heavy atom. The first kappa shape index (κ1) is 25.4. The van der Waals surface area contributed by atoms with Crippen molar-refractivity contribution in [3.8, 4) is 5.75 Å². The van der Waals surface area contributed by atoms with Gasteiger partial charge >= 0.3 is 11.9 Å². The highest BCUT2D eigenvalue weighted by Crippen LogP contribution is 2.49. The van der Waals surface area contributed by atoms with E-state index in [0.717, 1.165) is 0 Å². The van der Waals surface area contributed by atoms with Crippen molar-refractivity contribution in [2.75, 3.05) is 13.2 Å². The van der Waals surface area contributed by atoms with Gasteiger partial charge in [0.25, 0.3) is 0 Å². The summed E-state index contributed by atoms with van der Waals surface area (Å²) in [6.45, 7) is -0.797. The molecule has 0 unspecified atom stereocenters. The van der Waals surface area contributed by atoms with Crippen LogP contribution in [0.1, 0.15) is 5.56 Å². The number of phenolic OH excluding ortho intramolecular Hbond substituents is 1. The number of aliphatic hydroxyl groups is 4. The number of ether oxygens (including phenoxy) is 5. The number of hydrogen-bond donors (Lipinski definition) is 5. The van der Waals surface area contributed by atoms with E-state index >= 15 is 0 Å². The van der Waals surface area contributed by atoms with Crippen LogP contribution in [0, 0.1) is 11.8 Å². The highest BCUT2D eigenvalue weighted by Gasteiger charge is 2.56. The van der Waals surface area contributed by atoms with Crippen molar-refractivity contribution in [3.05, 3.63) is 59.4 Å². The summed E-state index contributed by atoms with van der Waals surface area (Å²) in [5.41, 5.74) is 1.52. The van der Waals surface area contributed by atoms with Gasteiger partial charge in [-0.1, -0.05) is 12.1 Å². The molecule has 5 N–H and O–H groups in total. The predicted octanol–water partition coefficient (Wildman–Crippen LogP) is -0.897. The second kappa shape index (κ2) is 10.2. The van der Waals surface area contributed by atoms with Gasteiger partial charge < -0.3 is 49.2 Å². The van der Waals surface area contributed by atoms with E-state index in [-0.39, 0.29) is 17.9 Å². The normalized spacial score (nSPS) is 36.4. The Balaban J connectivity index is 1.29. The van der Waals surface area contributed by atoms with Crippen molar-refractivity contribution in [1.82, 2.24) is 0 Å². The molecule has 0 spiro atoms. The minimum atomic E-state index is -1.65. The number of phenols is 1. The smallest absolute Gasteiger partial charge is 0.338 e. The van der Waals surface area contributed by atoms with Crippen LogP contribution >= 0.6 is 0 Å². The van der Waals surface area contributed by atoms with Crippen LogP contribution < -0.4 is 0 Å². The summed E-state index contributed by atoms with van der Waals surface area (Å²) < 4.78 is 27.6. The first-order chi connectivity index (χ1) is 17.8. The lowest BCUT2D eigenvalue weighted by Crippen LogP contribution is -2.60. The van der Waals surface area contributed by atoms with Gasteiger partial charge in [0.15, 0.2) is 6.29 Å². The van der Waals surface area contributed by atoms with Gasteiger partial charge in [0, 0.05) is 12.0 Å². The number of carbonyl (C=O) groups excluding carboxylic acids is 2. The van der Waals surface area contributed by atoms with E-state index in [9.17, 15) is 35.1 Å². The first-order valence-corrected chi connectivity index (χ1v) is 11.6. The van der Waals surface area contributed by atoms with Gasteiger partial charge in [0.1, 0.15) is 42.9 Å². The molecular formula is C25H26O12. The predicted molar refractivity (Wildman–Crippen MR) is 121 cm³/mol. The fourth-order valence-electron chi connectivity index (χ4n) is 4.89. The van der Waals surface area contributed by atoms with Crippen LogP contribution in [0.4, 0.5) is 0 Å². The largest absolute Gasteiger partial charge is 0.508 e. The monoisotopic (exact) mass is 518 g/mol. The third kappa shape index (κ3) is 4.87. The van der Waals surface area contributed by atoms with Crippen molar-refractivity contribution >= 4 is 18.0 Å². The molecule has 0 bridgehead atoms. The van der Waals surface area contributed by atoms with Crippen LogP contribution in [-0.2, 0) is 33.3 Å². The fourth-order valence-corrected chi connectivity index (χ4v) is 4.89. The second-order valence-corrected chi connectivity index (χ2v) is 9.11. The summed E-state index contributed by atoms with van der Waals surface area (Å²) in [5.74, 6) is -2.23. The van der Waals surface area contributed by atoms with E-state index in [4.69, 9.17) is 23.7 Å². The highest BCUT2D eigenvalue weighted by atomic mass is 16.8. The van der Waals surface area contributed by atoms with Crippen LogP contribution in [-0.4, -0.2) is 93.8 Å². The summed E-state index contributed by atoms with van der Waals surface area (Å²) in [7, 11) is 0. The van der Waals surface area contributed by atoms with Gasteiger partial charge in [-0.05, 0) is 35.4 Å². The van der Waals surface area contributed by atoms with Crippen LogP contribution in [0.25, 0.3) is 6.08 Å². The van der Waals surface area contributed by atoms with Crippen LogP contribution in [0.5, 0.6) is 5.75 Å². The first-order valence-electron chi connectivity index (χ1n) is 11.6. The standard InChI is InChI=1S/C25H26O12/c26-8-16-20(29)21(30)22(31)25(36-16)37-24-18-12(7-15-19(18)14(10-34-24)23(32)35-15)9-33-17(28)6-3-11-1-4-13(27)5-2-11/h1-7,10,15-16,18-22,24-27,29-31H,8-9H2/t15-,16-,18-,19-,20-,21+,22-,24+,25-/m1/s1. The van der Waals surface area contributed by atoms with Gasteiger partial charge in [-0.25, -0.2) is 9.59 Å². The van der Waals surface area contributed by atoms with E-state index in [1.54, 1.807) is 18.2 Å². The number of benzene rings is 1. The molecule has 3 aliphatic heterocycles. The van der Waals surface area contributed by atoms with Crippen LogP contribution in [0.2, 0.25) is 0 Å². The third-order valence-corrected chi connectivity index (χ3v) is 6.81. The maximum absolute atomic E-state index is 12.3. The van der Waals surface area contributed by atoms with Crippen molar-refractivity contribution < 1.29 is 58.8 Å². The molecule has 2 saturated heterocycles. The SMILES string of the molecule is O=C(C=Cc1ccc(O)cc1)OCC1=C[C@H]2OC(=O)C3=CO[C@@H](O[C@H]4O[C@H](CO)[C@@H](O)[C@H](O)[C@H]4O)[C@H]1[C@H]32. The average molecular weight is 518 g/mol. The van der Waals surface area contributed by atoms with E-state index in [2.05, 4.69) is 0 Å². The minimum absolute atomic E-state index is 0.0998. The molecule has 1 aromatic carbocycles. The van der Waals surface area contributed by atoms with Crippen molar-refractivity contribution in [3.63, 3.8) is 0 Å². The summed E-state index contributed by atoms with van der Waals surface area (Å²) in [4.78, 5) is 24.5. The van der Waals surface area contributed by atoms with Crippen molar-refractivity contribution in [2.24, 2.45) is 11.8 Å². The van der Waals surface area contributed by atoms with Gasteiger partial charge in [0.2, 0.25) is 6.29 Å². The lowest BCUT2D eigenvalue weighted by Gasteiger charge is -2.42. The molecule has 9 atom stereocenters. The minimum Gasteiger partial charge on any atom is -0.508 e. The van der Waals surface area contributed by atoms with Gasteiger partial charge in [0.05, 0.1) is 24.4 Å². The van der Waals surface area contributed by atoms with E-state index < -0.39 is 73.5 Å². The van der Waals surface area contributed by atoms with E-state index in [1.807, 2.05) is 0 Å². The summed E-state index contributed by atoms with van der Waals surface area (Å²) >= 11 is 0. The summed E-state index contributed by atoms with van der Waals surface area (Å²) in [6, 6.07) is 6.22. The maximum Gasteiger partial charge on any atom is 0.338 e. The van der Waals surface area contributed by atoms with E-state index in [1.165, 1.54) is 30.5 Å². The Morgan fingerprint density at radius 2 is 1.78 bits per heavy atom. The molecule has 0 saturated carbocycles. The molecule has 12 nitrogen and oxygen atoms in total. The van der Waals surface area contributed by atoms with Gasteiger partial charge in [-0.2, -0.15) is 0 Å². The lowest BCUT2D eigenvalue weighted by atomic mass is 9.84. The quantitative estimate of drug-likeness (QED) is 0.171. The molecule has 4 aliphatic rings. The van der Waals surface area contributed by atoms with Gasteiger partial charge in [-0.3, -0.25) is 0 Å². The highest BCUT2D eigenvalue weighted by molar-refractivity contribution is 5.92. The zero-order valence-electron chi connectivity index (χ0n) is 19.3. The lowest BCUT2D eigenvalue weighted by molar-refractivity contribution is -0.339. The molecule has 0 amide bonds. The molecule has 198 valence electrons. The maximum atomic E-state index is 12.3. The molecular weight excluding hydrogens is 492 g/mol. The fraction of sp³-hybridized carbons (Fsp3) is 0.440. The van der Waals surface area contributed by atoms with Gasteiger partial charge in [-0.15, -0.1) is 0 Å². The zero-order chi connectivity index (χ0) is 26.3. The molecule has 1 aliphatic carbocycles. The average Bonchev–Trinajstić information content (AvgIpc) is 3.41. The molecule has 3 heterocycles. The molecule has 12 heteroatoms. The molecule has 2 fully saturated rings. The Morgan fingerprint density at radius 3 is 2.51 bits per heavy atom. The molecule has 0 aromatic heterocycles. The summed E-state index contributed by atoms with van der Waals surface area (Å²) in [6.07, 6.45) is -3.64. The number of carbonyl (C=O) groups is 2.